The van der Waals surface area contributed by atoms with Crippen molar-refractivity contribution in [2.75, 3.05) is 26.7 Å². The minimum atomic E-state index is -0.385. The molecule has 0 aromatic heterocycles. The predicted molar refractivity (Wildman–Crippen MR) is 71.6 cm³/mol. The van der Waals surface area contributed by atoms with Crippen LogP contribution in [0.1, 0.15) is 5.56 Å². The van der Waals surface area contributed by atoms with Crippen molar-refractivity contribution in [3.05, 3.63) is 35.9 Å². The first kappa shape index (κ1) is 13.8. The van der Waals surface area contributed by atoms with Crippen LogP contribution in [0, 0.1) is 5.92 Å². The number of hydrogen-bond acceptors (Lipinski definition) is 4. The Balaban J connectivity index is 1.76. The van der Waals surface area contributed by atoms with Gasteiger partial charge in [-0.25, -0.2) is 4.79 Å². The van der Waals surface area contributed by atoms with Gasteiger partial charge in [-0.15, -0.1) is 0 Å². The molecule has 5 nitrogen and oxygen atoms in total. The van der Waals surface area contributed by atoms with Crippen LogP contribution in [0.5, 0.6) is 0 Å². The summed E-state index contributed by atoms with van der Waals surface area (Å²) in [6, 6.07) is 9.57. The molecule has 1 amide bonds. The molecule has 0 radical (unpaired) electrons. The number of β-amino-alcohol motifs (C(OH)–C–C–N with tert-alkyl or cyclic N) is 1. The minimum Gasteiger partial charge on any atom is -0.445 e. The predicted octanol–water partition coefficient (Wildman–Crippen LogP) is 0.835. The second-order valence-corrected chi connectivity index (χ2v) is 4.91. The highest BCUT2D eigenvalue weighted by atomic mass is 16.6. The van der Waals surface area contributed by atoms with Gasteiger partial charge in [-0.05, 0) is 5.56 Å². The molecule has 1 aliphatic rings. The Labute approximate surface area is 113 Å². The molecular weight excluding hydrogens is 244 g/mol. The molecule has 0 bridgehead atoms. The third kappa shape index (κ3) is 3.94. The average molecular weight is 264 g/mol. The van der Waals surface area contributed by atoms with E-state index < -0.39 is 0 Å². The molecule has 1 heterocycles. The van der Waals surface area contributed by atoms with Crippen molar-refractivity contribution in [3.8, 4) is 0 Å². The first-order valence-electron chi connectivity index (χ1n) is 6.47. The molecule has 2 atom stereocenters. The summed E-state index contributed by atoms with van der Waals surface area (Å²) >= 11 is 0. The van der Waals surface area contributed by atoms with Crippen LogP contribution in [-0.4, -0.2) is 48.9 Å². The van der Waals surface area contributed by atoms with E-state index in [1.807, 2.05) is 30.3 Å². The number of aliphatic hydroxyl groups is 1. The van der Waals surface area contributed by atoms with Gasteiger partial charge in [-0.3, -0.25) is 0 Å². The maximum atomic E-state index is 11.8. The number of carbonyl (C=O) groups is 1. The number of hydrogen-bond donors (Lipinski definition) is 2. The number of nitrogens with zero attached hydrogens (tertiary/aromatic N) is 1. The van der Waals surface area contributed by atoms with Crippen molar-refractivity contribution in [1.29, 1.82) is 0 Å². The quantitative estimate of drug-likeness (QED) is 0.846. The fourth-order valence-corrected chi connectivity index (χ4v) is 2.16. The zero-order chi connectivity index (χ0) is 13.7. The standard InChI is InChI=1S/C14H20N2O3/c1-16(9-12-7-15-8-13(12)17)14(18)19-10-11-5-3-2-4-6-11/h2-6,12-13,15,17H,7-10H2,1H3/t12-,13+/m0/s1. The van der Waals surface area contributed by atoms with E-state index in [1.54, 1.807) is 7.05 Å². The Bertz CT molecular complexity index is 410. The number of amides is 1. The van der Waals surface area contributed by atoms with Crippen LogP contribution in [0.15, 0.2) is 30.3 Å². The Morgan fingerprint density at radius 3 is 2.79 bits per heavy atom. The molecule has 2 N–H and O–H groups in total. The SMILES string of the molecule is CN(C[C@@H]1CNC[C@H]1O)C(=O)OCc1ccccc1. The summed E-state index contributed by atoms with van der Waals surface area (Å²) < 4.78 is 5.22. The third-order valence-corrected chi connectivity index (χ3v) is 3.33. The van der Waals surface area contributed by atoms with E-state index in [-0.39, 0.29) is 24.7 Å². The summed E-state index contributed by atoms with van der Waals surface area (Å²) in [5, 5.41) is 12.8. The van der Waals surface area contributed by atoms with Crippen molar-refractivity contribution < 1.29 is 14.6 Å². The van der Waals surface area contributed by atoms with Crippen molar-refractivity contribution in [2.24, 2.45) is 5.92 Å². The number of carbonyl (C=O) groups excluding carboxylic acids is 1. The molecule has 0 aliphatic carbocycles. The highest BCUT2D eigenvalue weighted by Crippen LogP contribution is 2.11. The van der Waals surface area contributed by atoms with Crippen LogP contribution in [0.25, 0.3) is 0 Å². The number of rotatable bonds is 4. The van der Waals surface area contributed by atoms with E-state index in [4.69, 9.17) is 4.74 Å². The zero-order valence-electron chi connectivity index (χ0n) is 11.1. The van der Waals surface area contributed by atoms with Gasteiger partial charge in [0.2, 0.25) is 0 Å². The Morgan fingerprint density at radius 2 is 2.16 bits per heavy atom. The van der Waals surface area contributed by atoms with Crippen molar-refractivity contribution >= 4 is 6.09 Å². The largest absolute Gasteiger partial charge is 0.445 e. The molecule has 1 fully saturated rings. The molecule has 1 saturated heterocycles. The lowest BCUT2D eigenvalue weighted by atomic mass is 10.1. The fraction of sp³-hybridized carbons (Fsp3) is 0.500. The van der Waals surface area contributed by atoms with Crippen molar-refractivity contribution in [2.45, 2.75) is 12.7 Å². The molecule has 1 aliphatic heterocycles. The van der Waals surface area contributed by atoms with Gasteiger partial charge >= 0.3 is 6.09 Å². The van der Waals surface area contributed by atoms with E-state index in [1.165, 1.54) is 4.90 Å². The first-order chi connectivity index (χ1) is 9.16. The maximum absolute atomic E-state index is 11.8. The minimum absolute atomic E-state index is 0.0780. The normalized spacial score (nSPS) is 22.2. The lowest BCUT2D eigenvalue weighted by molar-refractivity contribution is 0.0845. The van der Waals surface area contributed by atoms with Crippen LogP contribution >= 0.6 is 0 Å². The number of ether oxygens (including phenoxy) is 1. The van der Waals surface area contributed by atoms with Crippen LogP contribution in [0.3, 0.4) is 0 Å². The van der Waals surface area contributed by atoms with Gasteiger partial charge in [-0.1, -0.05) is 30.3 Å². The van der Waals surface area contributed by atoms with Crippen molar-refractivity contribution in [3.63, 3.8) is 0 Å². The summed E-state index contributed by atoms with van der Waals surface area (Å²) in [6.45, 7) is 2.10. The Kier molecular flexibility index (Phi) is 4.76. The maximum Gasteiger partial charge on any atom is 0.409 e. The van der Waals surface area contributed by atoms with Crippen LogP contribution in [0.4, 0.5) is 4.79 Å². The van der Waals surface area contributed by atoms with E-state index in [9.17, 15) is 9.90 Å². The Hall–Kier alpha value is -1.59. The number of benzene rings is 1. The van der Waals surface area contributed by atoms with E-state index >= 15 is 0 Å². The summed E-state index contributed by atoms with van der Waals surface area (Å²) in [4.78, 5) is 13.3. The molecule has 1 aromatic carbocycles. The second kappa shape index (κ2) is 6.54. The molecule has 0 spiro atoms. The van der Waals surface area contributed by atoms with Gasteiger partial charge in [-0.2, -0.15) is 0 Å². The summed E-state index contributed by atoms with van der Waals surface area (Å²) in [5.74, 6) is 0.0780. The molecule has 19 heavy (non-hydrogen) atoms. The Morgan fingerprint density at radius 1 is 1.42 bits per heavy atom. The van der Waals surface area contributed by atoms with Gasteiger partial charge in [0, 0.05) is 32.6 Å². The van der Waals surface area contributed by atoms with Gasteiger partial charge in [0.15, 0.2) is 0 Å². The second-order valence-electron chi connectivity index (χ2n) is 4.91. The summed E-state index contributed by atoms with van der Waals surface area (Å²) in [6.07, 6.45) is -0.743. The highest BCUT2D eigenvalue weighted by molar-refractivity contribution is 5.67. The van der Waals surface area contributed by atoms with Crippen LogP contribution < -0.4 is 5.32 Å². The molecule has 0 unspecified atom stereocenters. The topological polar surface area (TPSA) is 61.8 Å². The molecule has 5 heteroatoms. The average Bonchev–Trinajstić information content (AvgIpc) is 2.82. The highest BCUT2D eigenvalue weighted by Gasteiger charge is 2.27. The number of aliphatic hydroxyl groups excluding tert-OH is 1. The van der Waals surface area contributed by atoms with Crippen LogP contribution in [-0.2, 0) is 11.3 Å². The third-order valence-electron chi connectivity index (χ3n) is 3.33. The molecule has 104 valence electrons. The fourth-order valence-electron chi connectivity index (χ4n) is 2.16. The van der Waals surface area contributed by atoms with Crippen LogP contribution in [0.2, 0.25) is 0 Å². The lowest BCUT2D eigenvalue weighted by Gasteiger charge is -2.22. The van der Waals surface area contributed by atoms with Crippen molar-refractivity contribution in [1.82, 2.24) is 10.2 Å². The zero-order valence-corrected chi connectivity index (χ0v) is 11.1. The molecule has 2 rings (SSSR count). The smallest absolute Gasteiger partial charge is 0.409 e. The molecule has 1 aromatic rings. The first-order valence-corrected chi connectivity index (χ1v) is 6.47. The summed E-state index contributed by atoms with van der Waals surface area (Å²) in [5.41, 5.74) is 0.965. The molecular formula is C14H20N2O3. The van der Waals surface area contributed by atoms with Gasteiger partial charge < -0.3 is 20.1 Å². The number of nitrogens with one attached hydrogen (secondary N) is 1. The molecule has 0 saturated carbocycles. The van der Waals surface area contributed by atoms with E-state index in [2.05, 4.69) is 5.32 Å². The summed E-state index contributed by atoms with van der Waals surface area (Å²) in [7, 11) is 1.69. The van der Waals surface area contributed by atoms with Gasteiger partial charge in [0.1, 0.15) is 6.61 Å². The van der Waals surface area contributed by atoms with Gasteiger partial charge in [0.05, 0.1) is 6.10 Å². The van der Waals surface area contributed by atoms with E-state index in [0.717, 1.165) is 12.1 Å². The van der Waals surface area contributed by atoms with Gasteiger partial charge in [0.25, 0.3) is 0 Å². The lowest BCUT2D eigenvalue weighted by Crippen LogP contribution is -2.36. The van der Waals surface area contributed by atoms with E-state index in [0.29, 0.717) is 13.1 Å². The monoisotopic (exact) mass is 264 g/mol.